The Kier molecular flexibility index (Phi) is 1.84. The smallest absolute Gasteiger partial charge is 0.151 e. The Morgan fingerprint density at radius 1 is 1.64 bits per heavy atom. The van der Waals surface area contributed by atoms with Crippen LogP contribution in [0.15, 0.2) is 6.07 Å². The average molecular weight is 172 g/mol. The zero-order valence-corrected chi connectivity index (χ0v) is 6.86. The van der Waals surface area contributed by atoms with E-state index in [9.17, 15) is 0 Å². The molecular weight excluding hydrogens is 162 g/mol. The molecule has 0 saturated carbocycles. The molecule has 60 valence electrons. The van der Waals surface area contributed by atoms with E-state index in [0.717, 1.165) is 18.8 Å². The van der Waals surface area contributed by atoms with Gasteiger partial charge in [0.15, 0.2) is 5.15 Å². The highest BCUT2D eigenvalue weighted by Gasteiger charge is 2.17. The Balaban J connectivity index is 2.15. The van der Waals surface area contributed by atoms with E-state index in [1.807, 2.05) is 6.07 Å². The van der Waals surface area contributed by atoms with Crippen molar-refractivity contribution in [1.82, 2.24) is 15.5 Å². The van der Waals surface area contributed by atoms with Crippen LogP contribution < -0.4 is 5.32 Å². The third-order valence-corrected chi connectivity index (χ3v) is 2.26. The molecule has 1 aromatic rings. The number of rotatable bonds is 1. The minimum Gasteiger partial charge on any atom is -0.316 e. The largest absolute Gasteiger partial charge is 0.316 e. The topological polar surface area (TPSA) is 40.7 Å². The lowest BCUT2D eigenvalue weighted by molar-refractivity contribution is 0.729. The molecule has 1 aliphatic heterocycles. The summed E-state index contributed by atoms with van der Waals surface area (Å²) < 4.78 is 0. The first kappa shape index (κ1) is 7.13. The van der Waals surface area contributed by atoms with Gasteiger partial charge in [-0.3, -0.25) is 5.10 Å². The van der Waals surface area contributed by atoms with Gasteiger partial charge in [-0.25, -0.2) is 0 Å². The molecule has 1 aliphatic rings. The maximum absolute atomic E-state index is 5.68. The second-order valence-corrected chi connectivity index (χ2v) is 3.22. The zero-order chi connectivity index (χ0) is 7.68. The van der Waals surface area contributed by atoms with Crippen LogP contribution in [0.4, 0.5) is 0 Å². The van der Waals surface area contributed by atoms with Crippen LogP contribution in [0.3, 0.4) is 0 Å². The molecule has 1 aromatic heterocycles. The normalized spacial score (nSPS) is 24.3. The number of halogens is 1. The fraction of sp³-hybridized carbons (Fsp3) is 0.571. The van der Waals surface area contributed by atoms with Crippen LogP contribution in [-0.4, -0.2) is 23.3 Å². The lowest BCUT2D eigenvalue weighted by Crippen LogP contribution is -2.08. The molecule has 0 amide bonds. The quantitative estimate of drug-likeness (QED) is 0.666. The molecule has 0 bridgehead atoms. The van der Waals surface area contributed by atoms with Crippen molar-refractivity contribution in [2.75, 3.05) is 13.1 Å². The van der Waals surface area contributed by atoms with Crippen molar-refractivity contribution in [3.63, 3.8) is 0 Å². The van der Waals surface area contributed by atoms with E-state index in [1.165, 1.54) is 6.42 Å². The zero-order valence-electron chi connectivity index (χ0n) is 6.10. The van der Waals surface area contributed by atoms with Crippen LogP contribution >= 0.6 is 11.6 Å². The van der Waals surface area contributed by atoms with E-state index in [4.69, 9.17) is 11.6 Å². The van der Waals surface area contributed by atoms with Gasteiger partial charge in [0.25, 0.3) is 0 Å². The summed E-state index contributed by atoms with van der Waals surface area (Å²) in [4.78, 5) is 0. The van der Waals surface area contributed by atoms with E-state index in [-0.39, 0.29) is 0 Å². The lowest BCUT2D eigenvalue weighted by atomic mass is 10.1. The summed E-state index contributed by atoms with van der Waals surface area (Å²) >= 11 is 5.68. The van der Waals surface area contributed by atoms with Crippen molar-refractivity contribution >= 4 is 11.6 Å². The molecule has 1 fully saturated rings. The molecule has 4 heteroatoms. The lowest BCUT2D eigenvalue weighted by Gasteiger charge is -2.02. The number of nitrogens with zero attached hydrogens (tertiary/aromatic N) is 1. The first-order chi connectivity index (χ1) is 5.36. The van der Waals surface area contributed by atoms with E-state index in [0.29, 0.717) is 11.1 Å². The van der Waals surface area contributed by atoms with Gasteiger partial charge in [0.1, 0.15) is 0 Å². The van der Waals surface area contributed by atoms with Crippen molar-refractivity contribution in [3.05, 3.63) is 16.9 Å². The minimum absolute atomic E-state index is 0.562. The maximum atomic E-state index is 5.68. The predicted octanol–water partition coefficient (Wildman–Crippen LogP) is 1.14. The van der Waals surface area contributed by atoms with Gasteiger partial charge < -0.3 is 5.32 Å². The van der Waals surface area contributed by atoms with E-state index >= 15 is 0 Å². The third kappa shape index (κ3) is 1.39. The van der Waals surface area contributed by atoms with Gasteiger partial charge >= 0.3 is 0 Å². The highest BCUT2D eigenvalue weighted by molar-refractivity contribution is 6.29. The Labute approximate surface area is 70.1 Å². The molecule has 2 heterocycles. The van der Waals surface area contributed by atoms with Crippen LogP contribution in [0.25, 0.3) is 0 Å². The molecule has 1 atom stereocenters. The fourth-order valence-electron chi connectivity index (χ4n) is 1.44. The summed E-state index contributed by atoms with van der Waals surface area (Å²) in [5, 5.41) is 10.7. The van der Waals surface area contributed by atoms with Gasteiger partial charge in [0.2, 0.25) is 0 Å². The molecule has 3 nitrogen and oxygen atoms in total. The summed E-state index contributed by atoms with van der Waals surface area (Å²) in [7, 11) is 0. The molecule has 0 spiro atoms. The number of hydrogen-bond donors (Lipinski definition) is 2. The second kappa shape index (κ2) is 2.83. The number of nitrogens with one attached hydrogen (secondary N) is 2. The fourth-order valence-corrected chi connectivity index (χ4v) is 1.60. The molecule has 11 heavy (non-hydrogen) atoms. The maximum Gasteiger partial charge on any atom is 0.151 e. The Bertz CT molecular complexity index is 240. The van der Waals surface area contributed by atoms with Gasteiger partial charge in [0, 0.05) is 18.2 Å². The monoisotopic (exact) mass is 171 g/mol. The summed E-state index contributed by atoms with van der Waals surface area (Å²) in [6.45, 7) is 2.14. The van der Waals surface area contributed by atoms with Gasteiger partial charge in [0.05, 0.1) is 0 Å². The van der Waals surface area contributed by atoms with Crippen LogP contribution in [-0.2, 0) is 0 Å². The molecule has 0 aliphatic carbocycles. The number of aromatic amines is 1. The van der Waals surface area contributed by atoms with Crippen molar-refractivity contribution in [2.45, 2.75) is 12.3 Å². The number of hydrogen-bond acceptors (Lipinski definition) is 2. The van der Waals surface area contributed by atoms with E-state index < -0.39 is 0 Å². The SMILES string of the molecule is Clc1cc(C2CCNC2)[nH]n1. The Hall–Kier alpha value is -0.540. The first-order valence-corrected chi connectivity index (χ1v) is 4.15. The highest BCUT2D eigenvalue weighted by atomic mass is 35.5. The van der Waals surface area contributed by atoms with Gasteiger partial charge in [-0.15, -0.1) is 0 Å². The van der Waals surface area contributed by atoms with Crippen molar-refractivity contribution in [2.24, 2.45) is 0 Å². The van der Waals surface area contributed by atoms with Crippen LogP contribution in [0.2, 0.25) is 5.15 Å². The Morgan fingerprint density at radius 3 is 3.09 bits per heavy atom. The minimum atomic E-state index is 0.562. The second-order valence-electron chi connectivity index (χ2n) is 2.84. The molecule has 0 aromatic carbocycles. The standard InChI is InChI=1S/C7H10ClN3/c8-7-3-6(10-11-7)5-1-2-9-4-5/h3,5,9H,1-2,4H2,(H,10,11). The molecule has 1 unspecified atom stereocenters. The predicted molar refractivity (Wildman–Crippen MR) is 43.8 cm³/mol. The summed E-state index contributed by atoms with van der Waals surface area (Å²) in [5.41, 5.74) is 1.15. The van der Waals surface area contributed by atoms with Gasteiger partial charge in [-0.2, -0.15) is 5.10 Å². The number of H-pyrrole nitrogens is 1. The van der Waals surface area contributed by atoms with Crippen molar-refractivity contribution in [3.8, 4) is 0 Å². The first-order valence-electron chi connectivity index (χ1n) is 3.78. The molecule has 2 rings (SSSR count). The van der Waals surface area contributed by atoms with Crippen LogP contribution in [0.1, 0.15) is 18.0 Å². The van der Waals surface area contributed by atoms with Gasteiger partial charge in [-0.1, -0.05) is 11.6 Å². The average Bonchev–Trinajstić information content (AvgIpc) is 2.55. The van der Waals surface area contributed by atoms with E-state index in [2.05, 4.69) is 15.5 Å². The number of aromatic nitrogens is 2. The molecule has 2 N–H and O–H groups in total. The summed E-state index contributed by atoms with van der Waals surface area (Å²) in [5.74, 6) is 0.579. The summed E-state index contributed by atoms with van der Waals surface area (Å²) in [6.07, 6.45) is 1.18. The van der Waals surface area contributed by atoms with Gasteiger partial charge in [-0.05, 0) is 19.0 Å². The molecule has 0 radical (unpaired) electrons. The van der Waals surface area contributed by atoms with Crippen molar-refractivity contribution < 1.29 is 0 Å². The molecular formula is C7H10ClN3. The van der Waals surface area contributed by atoms with Crippen LogP contribution in [0, 0.1) is 0 Å². The van der Waals surface area contributed by atoms with E-state index in [1.54, 1.807) is 0 Å². The van der Waals surface area contributed by atoms with Crippen molar-refractivity contribution in [1.29, 1.82) is 0 Å². The highest BCUT2D eigenvalue weighted by Crippen LogP contribution is 2.21. The molecule has 1 saturated heterocycles. The summed E-state index contributed by atoms with van der Waals surface area (Å²) in [6, 6.07) is 1.90. The third-order valence-electron chi connectivity index (χ3n) is 2.07. The van der Waals surface area contributed by atoms with Crippen LogP contribution in [0.5, 0.6) is 0 Å². The Morgan fingerprint density at radius 2 is 2.55 bits per heavy atom.